The number of amides is 1. The summed E-state index contributed by atoms with van der Waals surface area (Å²) >= 11 is 0. The molecule has 0 aliphatic carbocycles. The first-order chi connectivity index (χ1) is 12.2. The summed E-state index contributed by atoms with van der Waals surface area (Å²) in [6, 6.07) is 20.2. The molecular formula is C22H28N2O. The molecule has 0 saturated carbocycles. The average Bonchev–Trinajstić information content (AvgIpc) is 2.66. The maximum absolute atomic E-state index is 13.0. The number of carbonyl (C=O) groups excluding carboxylic acids is 1. The molecule has 1 aliphatic heterocycles. The van der Waals surface area contributed by atoms with Gasteiger partial charge in [-0.1, -0.05) is 55.5 Å². The van der Waals surface area contributed by atoms with Gasteiger partial charge in [-0.25, -0.2) is 0 Å². The average molecular weight is 336 g/mol. The highest BCUT2D eigenvalue weighted by Crippen LogP contribution is 2.19. The van der Waals surface area contributed by atoms with Crippen molar-refractivity contribution in [2.45, 2.75) is 32.7 Å². The lowest BCUT2D eigenvalue weighted by Crippen LogP contribution is -2.38. The molecule has 3 nitrogen and oxygen atoms in total. The first kappa shape index (κ1) is 17.7. The van der Waals surface area contributed by atoms with Crippen LogP contribution in [0.1, 0.15) is 31.7 Å². The zero-order valence-corrected chi connectivity index (χ0v) is 15.1. The summed E-state index contributed by atoms with van der Waals surface area (Å²) in [6.45, 7) is 6.04. The fraction of sp³-hybridized carbons (Fsp3) is 0.409. The van der Waals surface area contributed by atoms with E-state index >= 15 is 0 Å². The fourth-order valence-electron chi connectivity index (χ4n) is 3.58. The molecule has 25 heavy (non-hydrogen) atoms. The minimum atomic E-state index is 0.202. The second-order valence-corrected chi connectivity index (χ2v) is 7.10. The molecule has 3 heteroatoms. The Hall–Kier alpha value is -2.13. The molecule has 1 fully saturated rings. The highest BCUT2D eigenvalue weighted by atomic mass is 16.2. The van der Waals surface area contributed by atoms with Crippen LogP contribution in [0.15, 0.2) is 60.7 Å². The third-order valence-electron chi connectivity index (χ3n) is 4.94. The van der Waals surface area contributed by atoms with Crippen molar-refractivity contribution in [1.82, 2.24) is 4.90 Å². The van der Waals surface area contributed by atoms with E-state index in [9.17, 15) is 4.79 Å². The standard InChI is InChI=1S/C22H28N2O/c1-19-9-8-15-23(17-19)16-14-22(25)24(21-12-6-3-7-13-21)18-20-10-4-2-5-11-20/h2-7,10-13,19H,8-9,14-18H2,1H3. The Bertz CT molecular complexity index is 656. The van der Waals surface area contributed by atoms with Gasteiger partial charge in [-0.3, -0.25) is 4.79 Å². The summed E-state index contributed by atoms with van der Waals surface area (Å²) in [4.78, 5) is 17.3. The van der Waals surface area contributed by atoms with E-state index in [1.54, 1.807) is 0 Å². The summed E-state index contributed by atoms with van der Waals surface area (Å²) in [7, 11) is 0. The van der Waals surface area contributed by atoms with Crippen LogP contribution in [0, 0.1) is 5.92 Å². The molecular weight excluding hydrogens is 308 g/mol. The number of likely N-dealkylation sites (tertiary alicyclic amines) is 1. The van der Waals surface area contributed by atoms with Crippen LogP contribution < -0.4 is 4.90 Å². The molecule has 1 atom stereocenters. The van der Waals surface area contributed by atoms with E-state index in [0.29, 0.717) is 13.0 Å². The Morgan fingerprint density at radius 2 is 1.76 bits per heavy atom. The molecule has 0 aromatic heterocycles. The van der Waals surface area contributed by atoms with Crippen molar-refractivity contribution in [3.63, 3.8) is 0 Å². The minimum absolute atomic E-state index is 0.202. The third-order valence-corrected chi connectivity index (χ3v) is 4.94. The van der Waals surface area contributed by atoms with Crippen LogP contribution in [0.25, 0.3) is 0 Å². The van der Waals surface area contributed by atoms with Gasteiger partial charge in [0.15, 0.2) is 0 Å². The SMILES string of the molecule is CC1CCCN(CCC(=O)N(Cc2ccccc2)c2ccccc2)C1. The Morgan fingerprint density at radius 3 is 2.44 bits per heavy atom. The van der Waals surface area contributed by atoms with E-state index in [-0.39, 0.29) is 5.91 Å². The van der Waals surface area contributed by atoms with Gasteiger partial charge in [0.05, 0.1) is 6.54 Å². The van der Waals surface area contributed by atoms with Crippen LogP contribution >= 0.6 is 0 Å². The van der Waals surface area contributed by atoms with Crippen molar-refractivity contribution in [2.75, 3.05) is 24.5 Å². The van der Waals surface area contributed by atoms with Gasteiger partial charge in [-0.2, -0.15) is 0 Å². The molecule has 0 N–H and O–H groups in total. The van der Waals surface area contributed by atoms with Crippen LogP contribution in [0.5, 0.6) is 0 Å². The summed E-state index contributed by atoms with van der Waals surface area (Å²) in [6.07, 6.45) is 3.14. The number of piperidine rings is 1. The van der Waals surface area contributed by atoms with Gasteiger partial charge < -0.3 is 9.80 Å². The zero-order chi connectivity index (χ0) is 17.5. The van der Waals surface area contributed by atoms with Gasteiger partial charge in [0.2, 0.25) is 5.91 Å². The smallest absolute Gasteiger partial charge is 0.228 e. The third kappa shape index (κ3) is 5.17. The second kappa shape index (κ2) is 8.82. The first-order valence-corrected chi connectivity index (χ1v) is 9.34. The largest absolute Gasteiger partial charge is 0.308 e. The Morgan fingerprint density at radius 1 is 1.08 bits per heavy atom. The van der Waals surface area contributed by atoms with Crippen molar-refractivity contribution < 1.29 is 4.79 Å². The Balaban J connectivity index is 1.67. The van der Waals surface area contributed by atoms with Gasteiger partial charge >= 0.3 is 0 Å². The number of benzene rings is 2. The summed E-state index contributed by atoms with van der Waals surface area (Å²) in [5.41, 5.74) is 2.13. The lowest BCUT2D eigenvalue weighted by Gasteiger charge is -2.31. The Labute approximate surface area is 151 Å². The number of hydrogen-bond acceptors (Lipinski definition) is 2. The summed E-state index contributed by atoms with van der Waals surface area (Å²) < 4.78 is 0. The van der Waals surface area contributed by atoms with E-state index in [0.717, 1.165) is 36.8 Å². The monoisotopic (exact) mass is 336 g/mol. The molecule has 1 unspecified atom stereocenters. The summed E-state index contributed by atoms with van der Waals surface area (Å²) in [5.74, 6) is 0.951. The van der Waals surface area contributed by atoms with Crippen molar-refractivity contribution in [1.29, 1.82) is 0 Å². The zero-order valence-electron chi connectivity index (χ0n) is 15.1. The lowest BCUT2D eigenvalue weighted by atomic mass is 10.0. The maximum atomic E-state index is 13.0. The van der Waals surface area contributed by atoms with E-state index < -0.39 is 0 Å². The van der Waals surface area contributed by atoms with Gasteiger partial charge in [0.25, 0.3) is 0 Å². The fourth-order valence-corrected chi connectivity index (χ4v) is 3.58. The number of para-hydroxylation sites is 1. The van der Waals surface area contributed by atoms with Crippen molar-refractivity contribution in [2.24, 2.45) is 5.92 Å². The quantitative estimate of drug-likeness (QED) is 0.783. The molecule has 1 saturated heterocycles. The number of hydrogen-bond donors (Lipinski definition) is 0. The van der Waals surface area contributed by atoms with Crippen molar-refractivity contribution in [3.05, 3.63) is 66.2 Å². The molecule has 0 radical (unpaired) electrons. The van der Waals surface area contributed by atoms with Gasteiger partial charge in [-0.05, 0) is 43.0 Å². The highest BCUT2D eigenvalue weighted by molar-refractivity contribution is 5.93. The summed E-state index contributed by atoms with van der Waals surface area (Å²) in [5, 5.41) is 0. The molecule has 3 rings (SSSR count). The predicted octanol–water partition coefficient (Wildman–Crippen LogP) is 4.34. The molecule has 0 bridgehead atoms. The minimum Gasteiger partial charge on any atom is -0.308 e. The molecule has 2 aromatic carbocycles. The number of anilines is 1. The van der Waals surface area contributed by atoms with E-state index in [2.05, 4.69) is 24.0 Å². The number of carbonyl (C=O) groups is 1. The molecule has 1 heterocycles. The second-order valence-electron chi connectivity index (χ2n) is 7.10. The lowest BCUT2D eigenvalue weighted by molar-refractivity contribution is -0.119. The number of rotatable bonds is 6. The van der Waals surface area contributed by atoms with E-state index in [1.165, 1.54) is 12.8 Å². The van der Waals surface area contributed by atoms with Crippen LogP contribution in [-0.4, -0.2) is 30.4 Å². The molecule has 132 valence electrons. The topological polar surface area (TPSA) is 23.6 Å². The highest BCUT2D eigenvalue weighted by Gasteiger charge is 2.20. The van der Waals surface area contributed by atoms with Crippen LogP contribution in [0.2, 0.25) is 0 Å². The predicted molar refractivity (Wildman–Crippen MR) is 104 cm³/mol. The molecule has 1 aliphatic rings. The van der Waals surface area contributed by atoms with Crippen LogP contribution in [0.4, 0.5) is 5.69 Å². The van der Waals surface area contributed by atoms with Crippen LogP contribution in [-0.2, 0) is 11.3 Å². The van der Waals surface area contributed by atoms with E-state index in [1.807, 2.05) is 53.4 Å². The maximum Gasteiger partial charge on any atom is 0.228 e. The normalized spacial score (nSPS) is 18.0. The molecule has 1 amide bonds. The number of nitrogens with zero attached hydrogens (tertiary/aromatic N) is 2. The van der Waals surface area contributed by atoms with Gasteiger partial charge in [0, 0.05) is 25.2 Å². The van der Waals surface area contributed by atoms with Gasteiger partial charge in [0.1, 0.15) is 0 Å². The molecule has 2 aromatic rings. The Kier molecular flexibility index (Phi) is 6.24. The molecule has 0 spiro atoms. The van der Waals surface area contributed by atoms with E-state index in [4.69, 9.17) is 0 Å². The van der Waals surface area contributed by atoms with Crippen molar-refractivity contribution in [3.8, 4) is 0 Å². The van der Waals surface area contributed by atoms with Gasteiger partial charge in [-0.15, -0.1) is 0 Å². The van der Waals surface area contributed by atoms with Crippen molar-refractivity contribution >= 4 is 11.6 Å². The van der Waals surface area contributed by atoms with Crippen LogP contribution in [0.3, 0.4) is 0 Å². The first-order valence-electron chi connectivity index (χ1n) is 9.34.